The number of nitrogens with zero attached hydrogens (tertiary/aromatic N) is 2. The highest BCUT2D eigenvalue weighted by Gasteiger charge is 2.17. The van der Waals surface area contributed by atoms with E-state index in [4.69, 9.17) is 9.47 Å². The highest BCUT2D eigenvalue weighted by Crippen LogP contribution is 2.21. The van der Waals surface area contributed by atoms with Crippen LogP contribution >= 0.6 is 11.3 Å². The maximum absolute atomic E-state index is 13.0. The molecule has 0 aliphatic rings. The monoisotopic (exact) mass is 567 g/mol. The van der Waals surface area contributed by atoms with E-state index in [9.17, 15) is 22.8 Å². The summed E-state index contributed by atoms with van der Waals surface area (Å²) in [5.74, 6) is -1.62. The van der Waals surface area contributed by atoms with Crippen LogP contribution in [0.1, 0.15) is 33.2 Å². The van der Waals surface area contributed by atoms with Gasteiger partial charge in [0.1, 0.15) is 6.54 Å². The number of rotatable bonds is 8. The van der Waals surface area contributed by atoms with Crippen LogP contribution in [0.2, 0.25) is 0 Å². The third-order valence-electron chi connectivity index (χ3n) is 5.61. The van der Waals surface area contributed by atoms with Gasteiger partial charge in [0, 0.05) is 11.3 Å². The number of thiazole rings is 1. The molecule has 1 heterocycles. The standard InChI is InChI=1S/C27H25N3O7S2/c1-4-37-24(31)16-30-22-14-9-19(26(33)36-3)15-23(22)38-27(30)28-25(32)18-7-10-20(11-8-18)29-39(34,35)21-12-5-17(2)6-13-21/h5-15,29H,4,16H2,1-3H3. The minimum atomic E-state index is -3.80. The Balaban J connectivity index is 1.64. The van der Waals surface area contributed by atoms with Gasteiger partial charge in [-0.1, -0.05) is 29.0 Å². The average molecular weight is 568 g/mol. The summed E-state index contributed by atoms with van der Waals surface area (Å²) in [5, 5.41) is 0. The molecule has 0 spiro atoms. The number of carbonyl (C=O) groups excluding carboxylic acids is 3. The molecule has 0 unspecified atom stereocenters. The van der Waals surface area contributed by atoms with E-state index in [0.717, 1.165) is 16.9 Å². The first-order valence-electron chi connectivity index (χ1n) is 11.8. The molecule has 4 aromatic rings. The highest BCUT2D eigenvalue weighted by molar-refractivity contribution is 7.92. The van der Waals surface area contributed by atoms with E-state index in [0.29, 0.717) is 15.8 Å². The van der Waals surface area contributed by atoms with Crippen molar-refractivity contribution in [2.45, 2.75) is 25.3 Å². The van der Waals surface area contributed by atoms with E-state index < -0.39 is 27.9 Å². The van der Waals surface area contributed by atoms with Crippen LogP contribution in [0, 0.1) is 6.92 Å². The van der Waals surface area contributed by atoms with Crippen molar-refractivity contribution in [1.29, 1.82) is 0 Å². The molecule has 0 radical (unpaired) electrons. The van der Waals surface area contributed by atoms with Gasteiger partial charge in [0.25, 0.3) is 15.9 Å². The first kappa shape index (κ1) is 27.7. The van der Waals surface area contributed by atoms with Crippen molar-refractivity contribution in [3.05, 3.63) is 88.2 Å². The van der Waals surface area contributed by atoms with Gasteiger partial charge in [0.15, 0.2) is 4.80 Å². The third-order valence-corrected chi connectivity index (χ3v) is 8.05. The summed E-state index contributed by atoms with van der Waals surface area (Å²) in [4.78, 5) is 41.8. The molecule has 0 fully saturated rings. The Hall–Kier alpha value is -4.29. The number of aryl methyl sites for hydroxylation is 1. The summed E-state index contributed by atoms with van der Waals surface area (Å²) in [5.41, 5.74) is 2.33. The van der Waals surface area contributed by atoms with E-state index in [1.54, 1.807) is 41.8 Å². The van der Waals surface area contributed by atoms with Crippen LogP contribution in [-0.2, 0) is 30.8 Å². The first-order valence-corrected chi connectivity index (χ1v) is 14.1. The lowest BCUT2D eigenvalue weighted by Gasteiger charge is -2.08. The van der Waals surface area contributed by atoms with Gasteiger partial charge in [0.2, 0.25) is 0 Å². The fourth-order valence-electron chi connectivity index (χ4n) is 3.66. The number of sulfonamides is 1. The lowest BCUT2D eigenvalue weighted by Crippen LogP contribution is -2.23. The fourth-order valence-corrected chi connectivity index (χ4v) is 5.78. The average Bonchev–Trinajstić information content (AvgIpc) is 3.24. The number of benzene rings is 3. The van der Waals surface area contributed by atoms with Crippen LogP contribution < -0.4 is 9.52 Å². The zero-order valence-corrected chi connectivity index (χ0v) is 23.0. The number of esters is 2. The molecule has 1 aromatic heterocycles. The largest absolute Gasteiger partial charge is 0.465 e. The van der Waals surface area contributed by atoms with Crippen LogP contribution in [0.4, 0.5) is 5.69 Å². The van der Waals surface area contributed by atoms with Gasteiger partial charge in [-0.15, -0.1) is 0 Å². The van der Waals surface area contributed by atoms with Crippen LogP contribution in [-0.4, -0.2) is 44.5 Å². The summed E-state index contributed by atoms with van der Waals surface area (Å²) in [7, 11) is -2.52. The van der Waals surface area contributed by atoms with Crippen LogP contribution in [0.3, 0.4) is 0 Å². The number of carbonyl (C=O) groups is 3. The van der Waals surface area contributed by atoms with Gasteiger partial charge in [0.05, 0.1) is 34.4 Å². The number of aromatic nitrogens is 1. The van der Waals surface area contributed by atoms with Crippen molar-refractivity contribution in [2.24, 2.45) is 4.99 Å². The summed E-state index contributed by atoms with van der Waals surface area (Å²) in [6.07, 6.45) is 0. The zero-order chi connectivity index (χ0) is 28.2. The van der Waals surface area contributed by atoms with Crippen molar-refractivity contribution < 1.29 is 32.3 Å². The first-order chi connectivity index (χ1) is 18.6. The number of hydrogen-bond acceptors (Lipinski definition) is 8. The Morgan fingerprint density at radius 2 is 1.64 bits per heavy atom. The topological polar surface area (TPSA) is 133 Å². The smallest absolute Gasteiger partial charge is 0.337 e. The Morgan fingerprint density at radius 1 is 0.974 bits per heavy atom. The van der Waals surface area contributed by atoms with Crippen molar-refractivity contribution in [3.8, 4) is 0 Å². The predicted molar refractivity (Wildman–Crippen MR) is 146 cm³/mol. The maximum atomic E-state index is 13.0. The fraction of sp³-hybridized carbons (Fsp3) is 0.185. The second-order valence-electron chi connectivity index (χ2n) is 8.36. The molecule has 4 rings (SSSR count). The Bertz CT molecular complexity index is 1720. The van der Waals surface area contributed by atoms with Crippen molar-refractivity contribution in [2.75, 3.05) is 18.4 Å². The maximum Gasteiger partial charge on any atom is 0.337 e. The summed E-state index contributed by atoms with van der Waals surface area (Å²) >= 11 is 1.13. The Morgan fingerprint density at radius 3 is 2.28 bits per heavy atom. The minimum absolute atomic E-state index is 0.120. The second kappa shape index (κ2) is 11.6. The van der Waals surface area contributed by atoms with Gasteiger partial charge < -0.3 is 14.0 Å². The SMILES string of the molecule is CCOC(=O)Cn1c(=NC(=O)c2ccc(NS(=O)(=O)c3ccc(C)cc3)cc2)sc2cc(C(=O)OC)ccc21. The summed E-state index contributed by atoms with van der Waals surface area (Å²) < 4.78 is 39.8. The molecule has 10 nitrogen and oxygen atoms in total. The third kappa shape index (κ3) is 6.41. The number of amides is 1. The molecule has 39 heavy (non-hydrogen) atoms. The van der Waals surface area contributed by atoms with Crippen LogP contribution in [0.15, 0.2) is 76.6 Å². The molecule has 0 atom stereocenters. The Labute approximate surface area is 228 Å². The molecule has 0 aliphatic heterocycles. The zero-order valence-electron chi connectivity index (χ0n) is 21.3. The van der Waals surface area contributed by atoms with Crippen LogP contribution in [0.5, 0.6) is 0 Å². The molecule has 0 saturated carbocycles. The molecule has 12 heteroatoms. The van der Waals surface area contributed by atoms with E-state index in [1.807, 2.05) is 6.92 Å². The van der Waals surface area contributed by atoms with Gasteiger partial charge in [-0.3, -0.25) is 14.3 Å². The molecular weight excluding hydrogens is 542 g/mol. The van der Waals surface area contributed by atoms with E-state index in [2.05, 4.69) is 9.71 Å². The van der Waals surface area contributed by atoms with E-state index in [-0.39, 0.29) is 34.1 Å². The number of hydrogen-bond donors (Lipinski definition) is 1. The quantitative estimate of drug-likeness (QED) is 0.319. The molecule has 0 aliphatic carbocycles. The minimum Gasteiger partial charge on any atom is -0.465 e. The molecule has 1 N–H and O–H groups in total. The molecule has 3 aromatic carbocycles. The lowest BCUT2D eigenvalue weighted by atomic mass is 10.2. The van der Waals surface area contributed by atoms with E-state index >= 15 is 0 Å². The number of nitrogens with one attached hydrogen (secondary N) is 1. The van der Waals surface area contributed by atoms with Crippen LogP contribution in [0.25, 0.3) is 10.2 Å². The van der Waals surface area contributed by atoms with Gasteiger partial charge in [-0.05, 0) is 68.4 Å². The normalized spacial score (nSPS) is 11.8. The predicted octanol–water partition coefficient (Wildman–Crippen LogP) is 3.90. The molecular formula is C27H25N3O7S2. The molecule has 0 bridgehead atoms. The number of anilines is 1. The van der Waals surface area contributed by atoms with Gasteiger partial charge in [-0.2, -0.15) is 4.99 Å². The number of ether oxygens (including phenoxy) is 2. The van der Waals surface area contributed by atoms with E-state index in [1.165, 1.54) is 43.5 Å². The molecule has 1 amide bonds. The number of methoxy groups -OCH3 is 1. The van der Waals surface area contributed by atoms with Gasteiger partial charge >= 0.3 is 11.9 Å². The molecule has 202 valence electrons. The Kier molecular flexibility index (Phi) is 8.27. The number of fused-ring (bicyclic) bond motifs is 1. The van der Waals surface area contributed by atoms with Crippen molar-refractivity contribution in [3.63, 3.8) is 0 Å². The summed E-state index contributed by atoms with van der Waals surface area (Å²) in [6, 6.07) is 17.1. The van der Waals surface area contributed by atoms with Gasteiger partial charge in [-0.25, -0.2) is 13.2 Å². The second-order valence-corrected chi connectivity index (χ2v) is 11.1. The van der Waals surface area contributed by atoms with Crippen molar-refractivity contribution in [1.82, 2.24) is 4.57 Å². The highest BCUT2D eigenvalue weighted by atomic mass is 32.2. The van der Waals surface area contributed by atoms with Crippen molar-refractivity contribution >= 4 is 55.1 Å². The summed E-state index contributed by atoms with van der Waals surface area (Å²) in [6.45, 7) is 3.56. The lowest BCUT2D eigenvalue weighted by molar-refractivity contribution is -0.143. The molecule has 0 saturated heterocycles.